The number of rotatable bonds is 11. The van der Waals surface area contributed by atoms with Gasteiger partial charge in [0.05, 0.1) is 18.8 Å². The Balaban J connectivity index is 1.37. The lowest BCUT2D eigenvalue weighted by Crippen LogP contribution is -2.69. The summed E-state index contributed by atoms with van der Waals surface area (Å²) < 4.78 is 16.0. The number of hydrogen-bond donors (Lipinski definition) is 1. The first-order valence-electron chi connectivity index (χ1n) is 22.1. The van der Waals surface area contributed by atoms with Crippen molar-refractivity contribution in [2.24, 2.45) is 17.3 Å². The summed E-state index contributed by atoms with van der Waals surface area (Å²) >= 11 is 0. The van der Waals surface area contributed by atoms with Gasteiger partial charge in [0, 0.05) is 6.42 Å². The number of benzene rings is 4. The highest BCUT2D eigenvalue weighted by Gasteiger charge is 2.55. The van der Waals surface area contributed by atoms with Gasteiger partial charge in [-0.3, -0.25) is 0 Å². The smallest absolute Gasteiger partial charge is 0.261 e. The monoisotopic (exact) mass is 820 g/mol. The summed E-state index contributed by atoms with van der Waals surface area (Å²) in [4.78, 5) is 0. The number of hydrogen-bond acceptors (Lipinski definition) is 3. The van der Waals surface area contributed by atoms with Gasteiger partial charge in [0.15, 0.2) is 0 Å². The third-order valence-corrected chi connectivity index (χ3v) is 24.5. The second-order valence-electron chi connectivity index (χ2n) is 19.9. The van der Waals surface area contributed by atoms with Crippen LogP contribution in [0.15, 0.2) is 169 Å². The van der Waals surface area contributed by atoms with Crippen molar-refractivity contribution in [1.29, 1.82) is 0 Å². The minimum atomic E-state index is -2.94. The number of fused-ring (bicyclic) bond motifs is 1. The van der Waals surface area contributed by atoms with Crippen LogP contribution in [0.4, 0.5) is 0 Å². The molecule has 0 radical (unpaired) electrons. The van der Waals surface area contributed by atoms with E-state index in [0.717, 1.165) is 49.7 Å². The molecule has 0 bridgehead atoms. The van der Waals surface area contributed by atoms with Gasteiger partial charge in [0.1, 0.15) is 0 Å². The van der Waals surface area contributed by atoms with E-state index < -0.39 is 16.6 Å². The largest absolute Gasteiger partial charge is 0.404 e. The molecular weight excluding hydrogens is 753 g/mol. The standard InChI is InChI=1S/C54H68O3Si2/c1-40(39-55)49-34-35-50-42(23-22-36-54(49,50)9)32-33-43-37-44(56-58(52(3,4)5,45-24-14-10-15-25-45)46-26-16-11-17-27-46)38-51(41(43)2)57-59(53(6,7)8,47-28-18-12-19-29-47)48-30-20-13-21-31-48/h10-21,24-33,44,49-51,55H,1-2,22-23,34-39H2,3-9H3/b42-32+,43-33-/t44-,49-,50+,51+,54-/m1/s1. The summed E-state index contributed by atoms with van der Waals surface area (Å²) in [5.41, 5.74) is 4.98. The molecular formula is C54H68O3Si2. The molecule has 0 heterocycles. The summed E-state index contributed by atoms with van der Waals surface area (Å²) in [7, 11) is -5.83. The maximum Gasteiger partial charge on any atom is 0.261 e. The third-order valence-electron chi connectivity index (χ3n) is 14.4. The average molecular weight is 821 g/mol. The Kier molecular flexibility index (Phi) is 12.7. The van der Waals surface area contributed by atoms with E-state index >= 15 is 0 Å². The van der Waals surface area contributed by atoms with E-state index in [2.05, 4.69) is 189 Å². The lowest BCUT2D eigenvalue weighted by Gasteiger charge is -2.49. The molecule has 0 unspecified atom stereocenters. The van der Waals surface area contributed by atoms with E-state index in [1.165, 1.54) is 38.3 Å². The normalized spacial score (nSPS) is 25.6. The van der Waals surface area contributed by atoms with Gasteiger partial charge in [0.2, 0.25) is 0 Å². The lowest BCUT2D eigenvalue weighted by molar-refractivity contribution is 0.102. The highest BCUT2D eigenvalue weighted by atomic mass is 28.4. The zero-order valence-corrected chi connectivity index (χ0v) is 38.8. The van der Waals surface area contributed by atoms with Gasteiger partial charge in [0.25, 0.3) is 16.6 Å². The fraction of sp³-hybridized carbons (Fsp3) is 0.407. The molecule has 59 heavy (non-hydrogen) atoms. The minimum absolute atomic E-state index is 0.0787. The Bertz CT molecular complexity index is 2050. The first-order chi connectivity index (χ1) is 28.2. The van der Waals surface area contributed by atoms with Crippen molar-refractivity contribution in [2.75, 3.05) is 6.61 Å². The summed E-state index contributed by atoms with van der Waals surface area (Å²) in [5.74, 6) is 0.860. The molecule has 4 aromatic rings. The highest BCUT2D eigenvalue weighted by Crippen LogP contribution is 2.59. The molecule has 5 heteroatoms. The molecule has 3 aliphatic carbocycles. The number of aliphatic hydroxyl groups excluding tert-OH is 1. The van der Waals surface area contributed by atoms with Crippen LogP contribution >= 0.6 is 0 Å². The van der Waals surface area contributed by atoms with Crippen molar-refractivity contribution in [1.82, 2.24) is 0 Å². The highest BCUT2D eigenvalue weighted by molar-refractivity contribution is 7.00. The van der Waals surface area contributed by atoms with Crippen molar-refractivity contribution in [3.63, 3.8) is 0 Å². The van der Waals surface area contributed by atoms with E-state index in [1.54, 1.807) is 0 Å². The molecule has 1 N–H and O–H groups in total. The van der Waals surface area contributed by atoms with E-state index in [0.29, 0.717) is 11.8 Å². The van der Waals surface area contributed by atoms with E-state index in [9.17, 15) is 5.11 Å². The SMILES string of the molecule is C=C1/C(=C\C=C2/CCC[C@]3(C)[C@@H](C(=C)CO)CC[C@@H]23)C[C@@H](O[Si](c2ccccc2)(c2ccccc2)C(C)(C)C)C[C@@H]1O[Si](c1ccccc1)(c1ccccc1)C(C)(C)C. The minimum Gasteiger partial charge on any atom is -0.404 e. The van der Waals surface area contributed by atoms with Crippen LogP contribution in [0.5, 0.6) is 0 Å². The topological polar surface area (TPSA) is 38.7 Å². The fourth-order valence-corrected chi connectivity index (χ4v) is 20.9. The lowest BCUT2D eigenvalue weighted by atomic mass is 9.62. The number of aliphatic hydroxyl groups is 1. The molecule has 0 aromatic heterocycles. The van der Waals surface area contributed by atoms with Crippen LogP contribution in [0, 0.1) is 17.3 Å². The third kappa shape index (κ3) is 8.06. The van der Waals surface area contributed by atoms with E-state index in [4.69, 9.17) is 15.4 Å². The molecule has 310 valence electrons. The molecule has 5 atom stereocenters. The molecule has 3 fully saturated rings. The predicted octanol–water partition coefficient (Wildman–Crippen LogP) is 10.8. The Labute approximate surface area is 358 Å². The molecule has 0 saturated heterocycles. The summed E-state index contributed by atoms with van der Waals surface area (Å²) in [6.45, 7) is 26.0. The zero-order valence-electron chi connectivity index (χ0n) is 36.8. The Morgan fingerprint density at radius 2 is 1.17 bits per heavy atom. The summed E-state index contributed by atoms with van der Waals surface area (Å²) in [5, 5.41) is 14.9. The van der Waals surface area contributed by atoms with Gasteiger partial charge < -0.3 is 14.0 Å². The first kappa shape index (κ1) is 43.2. The van der Waals surface area contributed by atoms with Crippen LogP contribution in [0.3, 0.4) is 0 Å². The molecule has 7 rings (SSSR count). The molecule has 3 nitrogen and oxygen atoms in total. The van der Waals surface area contributed by atoms with Gasteiger partial charge in [-0.15, -0.1) is 0 Å². The Morgan fingerprint density at radius 3 is 1.61 bits per heavy atom. The molecule has 3 saturated carbocycles. The van der Waals surface area contributed by atoms with Crippen molar-refractivity contribution in [3.05, 3.63) is 169 Å². The van der Waals surface area contributed by atoms with Gasteiger partial charge in [-0.25, -0.2) is 0 Å². The predicted molar refractivity (Wildman–Crippen MR) is 254 cm³/mol. The fourth-order valence-electron chi connectivity index (χ4n) is 11.5. The molecule has 0 aliphatic heterocycles. The quantitative estimate of drug-likeness (QED) is 0.121. The van der Waals surface area contributed by atoms with Crippen molar-refractivity contribution < 1.29 is 14.0 Å². The van der Waals surface area contributed by atoms with Crippen LogP contribution in [0.25, 0.3) is 0 Å². The van der Waals surface area contributed by atoms with Crippen LogP contribution in [-0.2, 0) is 8.85 Å². The van der Waals surface area contributed by atoms with Gasteiger partial charge in [-0.1, -0.05) is 201 Å². The van der Waals surface area contributed by atoms with Gasteiger partial charge >= 0.3 is 0 Å². The van der Waals surface area contributed by atoms with Crippen molar-refractivity contribution in [3.8, 4) is 0 Å². The van der Waals surface area contributed by atoms with Crippen molar-refractivity contribution in [2.45, 2.75) is 116 Å². The Hall–Kier alpha value is -3.85. The molecule has 0 spiro atoms. The maximum atomic E-state index is 10.1. The number of allylic oxidation sites excluding steroid dienone is 3. The van der Waals surface area contributed by atoms with E-state index in [-0.39, 0.29) is 34.3 Å². The van der Waals surface area contributed by atoms with Crippen molar-refractivity contribution >= 4 is 37.4 Å². The zero-order chi connectivity index (χ0) is 42.1. The first-order valence-corrected chi connectivity index (χ1v) is 25.9. The van der Waals surface area contributed by atoms with Crippen LogP contribution in [0.1, 0.15) is 93.4 Å². The second-order valence-corrected chi connectivity index (χ2v) is 28.4. The summed E-state index contributed by atoms with van der Waals surface area (Å²) in [6, 6.07) is 44.1. The van der Waals surface area contributed by atoms with Gasteiger partial charge in [-0.05, 0) is 103 Å². The maximum absolute atomic E-state index is 10.1. The van der Waals surface area contributed by atoms with E-state index in [1.807, 2.05) is 0 Å². The average Bonchev–Trinajstić information content (AvgIpc) is 3.59. The molecule has 0 amide bonds. The Morgan fingerprint density at radius 1 is 0.712 bits per heavy atom. The van der Waals surface area contributed by atoms with Gasteiger partial charge in [-0.2, -0.15) is 0 Å². The van der Waals surface area contributed by atoms with Crippen LogP contribution < -0.4 is 20.7 Å². The van der Waals surface area contributed by atoms with Crippen LogP contribution in [0.2, 0.25) is 10.1 Å². The second kappa shape index (κ2) is 17.3. The summed E-state index contributed by atoms with van der Waals surface area (Å²) in [6.07, 6.45) is 11.7. The van der Waals surface area contributed by atoms with Crippen LogP contribution in [-0.4, -0.2) is 40.6 Å². The molecule has 4 aromatic carbocycles. The molecule has 3 aliphatic rings.